The summed E-state index contributed by atoms with van der Waals surface area (Å²) in [6, 6.07) is 0.356. The van der Waals surface area contributed by atoms with Crippen LogP contribution in [0.1, 0.15) is 38.5 Å². The molecule has 1 aliphatic carbocycles. The van der Waals surface area contributed by atoms with Gasteiger partial charge in [-0.3, -0.25) is 14.5 Å². The number of amides is 1. The molecule has 5 heteroatoms. The number of hydrogen-bond donors (Lipinski definition) is 2. The predicted octanol–water partition coefficient (Wildman–Crippen LogP) is 0.842. The highest BCUT2D eigenvalue weighted by atomic mass is 16.4. The monoisotopic (exact) mass is 242 g/mol. The van der Waals surface area contributed by atoms with Gasteiger partial charge >= 0.3 is 5.97 Å². The number of carboxylic acid groups (broad SMARTS) is 1. The fraction of sp³-hybridized carbons (Fsp3) is 0.833. The summed E-state index contributed by atoms with van der Waals surface area (Å²) in [6.07, 6.45) is 5.35. The van der Waals surface area contributed by atoms with Gasteiger partial charge in [0.05, 0.1) is 6.54 Å². The van der Waals surface area contributed by atoms with Gasteiger partial charge in [-0.1, -0.05) is 12.8 Å². The fourth-order valence-corrected chi connectivity index (χ4v) is 2.17. The summed E-state index contributed by atoms with van der Waals surface area (Å²) >= 11 is 0. The number of nitrogens with one attached hydrogen (secondary N) is 1. The molecule has 2 N–H and O–H groups in total. The zero-order valence-corrected chi connectivity index (χ0v) is 10.4. The number of rotatable bonds is 7. The van der Waals surface area contributed by atoms with Crippen LogP contribution in [0.2, 0.25) is 0 Å². The first-order valence-corrected chi connectivity index (χ1v) is 6.27. The minimum atomic E-state index is -0.784. The van der Waals surface area contributed by atoms with Gasteiger partial charge in [0.25, 0.3) is 0 Å². The number of nitrogens with zero attached hydrogens (tertiary/aromatic N) is 1. The second-order valence-corrected chi connectivity index (χ2v) is 4.78. The molecular weight excluding hydrogens is 220 g/mol. The number of hydrogen-bond acceptors (Lipinski definition) is 3. The zero-order chi connectivity index (χ0) is 12.7. The molecule has 0 unspecified atom stereocenters. The maximum Gasteiger partial charge on any atom is 0.303 e. The van der Waals surface area contributed by atoms with E-state index in [2.05, 4.69) is 5.32 Å². The normalized spacial score (nSPS) is 16.4. The Morgan fingerprint density at radius 2 is 2.00 bits per heavy atom. The van der Waals surface area contributed by atoms with Crippen molar-refractivity contribution in [3.05, 3.63) is 0 Å². The third-order valence-corrected chi connectivity index (χ3v) is 3.06. The summed E-state index contributed by atoms with van der Waals surface area (Å²) < 4.78 is 0. The number of likely N-dealkylation sites (N-methyl/N-ethyl adjacent to an activating group) is 1. The van der Waals surface area contributed by atoms with Crippen LogP contribution in [0.3, 0.4) is 0 Å². The van der Waals surface area contributed by atoms with Crippen molar-refractivity contribution in [2.45, 2.75) is 44.6 Å². The highest BCUT2D eigenvalue weighted by Gasteiger charge is 2.17. The van der Waals surface area contributed by atoms with Crippen molar-refractivity contribution >= 4 is 11.9 Å². The highest BCUT2D eigenvalue weighted by molar-refractivity contribution is 5.78. The summed E-state index contributed by atoms with van der Waals surface area (Å²) in [5.41, 5.74) is 0. The van der Waals surface area contributed by atoms with Crippen molar-refractivity contribution in [1.29, 1.82) is 0 Å². The third kappa shape index (κ3) is 6.26. The van der Waals surface area contributed by atoms with E-state index in [1.807, 2.05) is 11.9 Å². The molecule has 0 bridgehead atoms. The average Bonchev–Trinajstić information content (AvgIpc) is 2.69. The molecule has 5 nitrogen and oxygen atoms in total. The van der Waals surface area contributed by atoms with E-state index in [1.165, 1.54) is 12.8 Å². The first-order chi connectivity index (χ1) is 8.08. The molecule has 0 atom stereocenters. The minimum absolute atomic E-state index is 0.0507. The van der Waals surface area contributed by atoms with E-state index in [0.29, 0.717) is 25.6 Å². The molecule has 0 saturated heterocycles. The standard InChI is InChI=1S/C12H22N2O3/c1-14(8-4-7-12(16)17)9-11(15)13-10-5-2-3-6-10/h10H,2-9H2,1H3,(H,13,15)(H,16,17). The summed E-state index contributed by atoms with van der Waals surface area (Å²) in [6.45, 7) is 1.00. The lowest BCUT2D eigenvalue weighted by Crippen LogP contribution is -2.40. The number of carboxylic acids is 1. The molecular formula is C12H22N2O3. The fourth-order valence-electron chi connectivity index (χ4n) is 2.17. The van der Waals surface area contributed by atoms with Crippen LogP contribution in [-0.2, 0) is 9.59 Å². The Kier molecular flexibility index (Phi) is 5.97. The van der Waals surface area contributed by atoms with Crippen molar-refractivity contribution in [1.82, 2.24) is 10.2 Å². The van der Waals surface area contributed by atoms with E-state index in [4.69, 9.17) is 5.11 Å². The van der Waals surface area contributed by atoms with Gasteiger partial charge in [-0.05, 0) is 32.9 Å². The first kappa shape index (κ1) is 14.0. The van der Waals surface area contributed by atoms with Crippen LogP contribution >= 0.6 is 0 Å². The Labute approximate surface area is 102 Å². The summed E-state index contributed by atoms with van der Waals surface area (Å²) in [4.78, 5) is 23.8. The van der Waals surface area contributed by atoms with E-state index >= 15 is 0 Å². The minimum Gasteiger partial charge on any atom is -0.481 e. The maximum absolute atomic E-state index is 11.6. The highest BCUT2D eigenvalue weighted by Crippen LogP contribution is 2.17. The van der Waals surface area contributed by atoms with E-state index in [9.17, 15) is 9.59 Å². The lowest BCUT2D eigenvalue weighted by atomic mass is 10.2. The van der Waals surface area contributed by atoms with Crippen LogP contribution in [0.25, 0.3) is 0 Å². The van der Waals surface area contributed by atoms with Crippen LogP contribution in [-0.4, -0.2) is 48.1 Å². The number of carbonyl (C=O) groups is 2. The van der Waals surface area contributed by atoms with Gasteiger partial charge in [0, 0.05) is 12.5 Å². The Morgan fingerprint density at radius 3 is 2.59 bits per heavy atom. The zero-order valence-electron chi connectivity index (χ0n) is 10.4. The summed E-state index contributed by atoms with van der Waals surface area (Å²) in [7, 11) is 1.84. The molecule has 0 aromatic carbocycles. The molecule has 1 rings (SSSR count). The van der Waals surface area contributed by atoms with Crippen LogP contribution in [0, 0.1) is 0 Å². The predicted molar refractivity (Wildman–Crippen MR) is 64.8 cm³/mol. The van der Waals surface area contributed by atoms with Gasteiger partial charge in [-0.25, -0.2) is 0 Å². The van der Waals surface area contributed by atoms with Gasteiger partial charge in [-0.2, -0.15) is 0 Å². The number of carbonyl (C=O) groups excluding carboxylic acids is 1. The van der Waals surface area contributed by atoms with Gasteiger partial charge in [-0.15, -0.1) is 0 Å². The lowest BCUT2D eigenvalue weighted by molar-refractivity contribution is -0.137. The molecule has 0 spiro atoms. The molecule has 0 heterocycles. The quantitative estimate of drug-likeness (QED) is 0.694. The van der Waals surface area contributed by atoms with Crippen molar-refractivity contribution in [3.8, 4) is 0 Å². The Hall–Kier alpha value is -1.10. The molecule has 1 aliphatic rings. The van der Waals surface area contributed by atoms with Crippen LogP contribution in [0.4, 0.5) is 0 Å². The molecule has 1 saturated carbocycles. The molecule has 0 radical (unpaired) electrons. The Morgan fingerprint density at radius 1 is 1.35 bits per heavy atom. The topological polar surface area (TPSA) is 69.6 Å². The maximum atomic E-state index is 11.6. The second-order valence-electron chi connectivity index (χ2n) is 4.78. The van der Waals surface area contributed by atoms with Crippen molar-refractivity contribution in [2.75, 3.05) is 20.1 Å². The van der Waals surface area contributed by atoms with Crippen molar-refractivity contribution in [3.63, 3.8) is 0 Å². The molecule has 1 amide bonds. The summed E-state index contributed by atoms with van der Waals surface area (Å²) in [5.74, 6) is -0.733. The van der Waals surface area contributed by atoms with E-state index < -0.39 is 5.97 Å². The molecule has 0 aromatic rings. The van der Waals surface area contributed by atoms with E-state index in [1.54, 1.807) is 0 Å². The van der Waals surface area contributed by atoms with Crippen LogP contribution in [0.15, 0.2) is 0 Å². The van der Waals surface area contributed by atoms with Gasteiger partial charge < -0.3 is 10.4 Å². The first-order valence-electron chi connectivity index (χ1n) is 6.27. The average molecular weight is 242 g/mol. The van der Waals surface area contributed by atoms with Gasteiger partial charge in [0.2, 0.25) is 5.91 Å². The lowest BCUT2D eigenvalue weighted by Gasteiger charge is -2.18. The molecule has 98 valence electrons. The van der Waals surface area contributed by atoms with E-state index in [-0.39, 0.29) is 12.3 Å². The number of aliphatic carboxylic acids is 1. The Bertz CT molecular complexity index is 262. The van der Waals surface area contributed by atoms with Crippen molar-refractivity contribution < 1.29 is 14.7 Å². The Balaban J connectivity index is 2.09. The summed E-state index contributed by atoms with van der Waals surface area (Å²) in [5, 5.41) is 11.5. The van der Waals surface area contributed by atoms with Gasteiger partial charge in [0.15, 0.2) is 0 Å². The molecule has 0 aromatic heterocycles. The SMILES string of the molecule is CN(CCCC(=O)O)CC(=O)NC1CCCC1. The largest absolute Gasteiger partial charge is 0.481 e. The molecule has 0 aliphatic heterocycles. The second kappa shape index (κ2) is 7.27. The molecule has 1 fully saturated rings. The molecule has 17 heavy (non-hydrogen) atoms. The third-order valence-electron chi connectivity index (χ3n) is 3.06. The van der Waals surface area contributed by atoms with E-state index in [0.717, 1.165) is 12.8 Å². The van der Waals surface area contributed by atoms with Crippen molar-refractivity contribution in [2.24, 2.45) is 0 Å². The van der Waals surface area contributed by atoms with Crippen LogP contribution < -0.4 is 5.32 Å². The smallest absolute Gasteiger partial charge is 0.303 e. The van der Waals surface area contributed by atoms with Crippen LogP contribution in [0.5, 0.6) is 0 Å². The van der Waals surface area contributed by atoms with Gasteiger partial charge in [0.1, 0.15) is 0 Å².